The number of hydrogen-bond donors (Lipinski definition) is 1. The number of tetrazole rings is 1. The number of hydrogen-bond acceptors (Lipinski definition) is 7. The van der Waals surface area contributed by atoms with Gasteiger partial charge in [0.15, 0.2) is 23.0 Å². The minimum atomic E-state index is -3.02. The molecular weight excluding hydrogens is 472 g/mol. The van der Waals surface area contributed by atoms with Crippen LogP contribution in [0, 0.1) is 18.6 Å². The predicted molar refractivity (Wildman–Crippen MR) is 113 cm³/mol. The van der Waals surface area contributed by atoms with Gasteiger partial charge in [0.1, 0.15) is 23.9 Å². The van der Waals surface area contributed by atoms with Gasteiger partial charge in [0.25, 0.3) is 0 Å². The molecule has 1 atom stereocenters. The van der Waals surface area contributed by atoms with Crippen molar-refractivity contribution in [2.75, 3.05) is 6.61 Å². The number of halogens is 4. The number of pyridine rings is 1. The molecule has 35 heavy (non-hydrogen) atoms. The first-order valence-electron chi connectivity index (χ1n) is 10.4. The van der Waals surface area contributed by atoms with E-state index >= 15 is 0 Å². The van der Waals surface area contributed by atoms with Gasteiger partial charge in [0, 0.05) is 12.6 Å². The van der Waals surface area contributed by atoms with Crippen LogP contribution in [0.25, 0.3) is 5.65 Å². The maximum Gasteiger partial charge on any atom is 0.350 e. The van der Waals surface area contributed by atoms with E-state index in [1.165, 1.54) is 17.4 Å². The molecule has 9 nitrogen and oxygen atoms in total. The predicted octanol–water partition coefficient (Wildman–Crippen LogP) is 3.40. The molecule has 0 radical (unpaired) electrons. The van der Waals surface area contributed by atoms with E-state index in [-0.39, 0.29) is 39.7 Å². The molecule has 184 valence electrons. The normalized spacial score (nSPS) is 13.4. The average molecular weight is 492 g/mol. The van der Waals surface area contributed by atoms with Crippen molar-refractivity contribution in [1.82, 2.24) is 29.6 Å². The topological polar surface area (TPSA) is 107 Å². The molecule has 0 saturated carbocycles. The molecule has 3 heterocycles. The summed E-state index contributed by atoms with van der Waals surface area (Å²) >= 11 is 0. The zero-order valence-corrected chi connectivity index (χ0v) is 18.6. The standard InChI is InChI=1S/C22H20F4N6O3/c1-12-18(16(34)9-22(2,11-33)20-28-30-32(29-20)21(25)26)31-8-4-7-17(19(31)27-12)35-10-13-14(23)5-3-6-15(13)24/h3-8,21,33H,9-11H2,1-2H3/t22-/m1/s1. The van der Waals surface area contributed by atoms with Gasteiger partial charge in [-0.2, -0.15) is 8.78 Å². The zero-order valence-electron chi connectivity index (χ0n) is 18.6. The number of carbonyl (C=O) groups is 1. The highest BCUT2D eigenvalue weighted by Gasteiger charge is 2.36. The van der Waals surface area contributed by atoms with E-state index in [1.807, 2.05) is 0 Å². The van der Waals surface area contributed by atoms with Gasteiger partial charge in [-0.3, -0.25) is 9.20 Å². The first-order chi connectivity index (χ1) is 16.6. The second kappa shape index (κ2) is 9.41. The van der Waals surface area contributed by atoms with Gasteiger partial charge >= 0.3 is 6.55 Å². The van der Waals surface area contributed by atoms with Crippen LogP contribution in [0.3, 0.4) is 0 Å². The van der Waals surface area contributed by atoms with Gasteiger partial charge < -0.3 is 9.84 Å². The lowest BCUT2D eigenvalue weighted by Crippen LogP contribution is -2.32. The highest BCUT2D eigenvalue weighted by molar-refractivity contribution is 5.97. The summed E-state index contributed by atoms with van der Waals surface area (Å²) in [4.78, 5) is 17.7. The summed E-state index contributed by atoms with van der Waals surface area (Å²) in [6, 6.07) is 6.59. The number of benzene rings is 1. The molecule has 0 unspecified atom stereocenters. The van der Waals surface area contributed by atoms with E-state index in [2.05, 4.69) is 20.4 Å². The molecule has 1 aromatic carbocycles. The second-order valence-electron chi connectivity index (χ2n) is 8.13. The summed E-state index contributed by atoms with van der Waals surface area (Å²) < 4.78 is 60.7. The first-order valence-corrected chi connectivity index (χ1v) is 10.4. The minimum absolute atomic E-state index is 0.0925. The molecule has 0 spiro atoms. The maximum atomic E-state index is 14.0. The third-order valence-corrected chi connectivity index (χ3v) is 5.53. The van der Waals surface area contributed by atoms with Crippen LogP contribution in [0.2, 0.25) is 0 Å². The van der Waals surface area contributed by atoms with E-state index in [0.717, 1.165) is 12.1 Å². The van der Waals surface area contributed by atoms with Gasteiger partial charge in [-0.1, -0.05) is 10.9 Å². The number of imidazole rings is 1. The number of aryl methyl sites for hydroxylation is 1. The molecule has 4 aromatic rings. The molecular formula is C22H20F4N6O3. The third kappa shape index (κ3) is 4.58. The van der Waals surface area contributed by atoms with Crippen LogP contribution in [-0.4, -0.2) is 47.1 Å². The maximum absolute atomic E-state index is 14.0. The molecule has 0 bridgehead atoms. The molecule has 0 fully saturated rings. The monoisotopic (exact) mass is 492 g/mol. The van der Waals surface area contributed by atoms with Crippen molar-refractivity contribution in [1.29, 1.82) is 0 Å². The van der Waals surface area contributed by atoms with Crippen LogP contribution in [0.5, 0.6) is 5.75 Å². The number of rotatable bonds is 9. The van der Waals surface area contributed by atoms with Crippen molar-refractivity contribution in [3.8, 4) is 5.75 Å². The summed E-state index contributed by atoms with van der Waals surface area (Å²) in [5, 5.41) is 20.3. The minimum Gasteiger partial charge on any atom is -0.485 e. The Morgan fingerprint density at radius 1 is 1.20 bits per heavy atom. The number of carbonyl (C=O) groups excluding carboxylic acids is 1. The zero-order chi connectivity index (χ0) is 25.3. The van der Waals surface area contributed by atoms with Crippen molar-refractivity contribution in [2.45, 2.75) is 38.8 Å². The van der Waals surface area contributed by atoms with Crippen LogP contribution in [0.1, 0.15) is 47.5 Å². The fraction of sp³-hybridized carbons (Fsp3) is 0.318. The Morgan fingerprint density at radius 2 is 1.91 bits per heavy atom. The quantitative estimate of drug-likeness (QED) is 0.282. The molecule has 13 heteroatoms. The molecule has 0 aliphatic carbocycles. The third-order valence-electron chi connectivity index (χ3n) is 5.53. The number of ether oxygens (including phenoxy) is 1. The fourth-order valence-corrected chi connectivity index (χ4v) is 3.62. The number of Topliss-reactive ketones (excluding diaryl/α,β-unsaturated/α-hetero) is 1. The number of aliphatic hydroxyl groups is 1. The highest BCUT2D eigenvalue weighted by Crippen LogP contribution is 2.29. The van der Waals surface area contributed by atoms with Crippen LogP contribution in [0.15, 0.2) is 36.5 Å². The lowest BCUT2D eigenvalue weighted by molar-refractivity contribution is 0.0388. The van der Waals surface area contributed by atoms with Crippen molar-refractivity contribution < 1.29 is 32.2 Å². The summed E-state index contributed by atoms with van der Waals surface area (Å²) in [5.41, 5.74) is -0.928. The number of nitrogens with zero attached hydrogens (tertiary/aromatic N) is 6. The SMILES string of the molecule is Cc1nc2c(OCc3c(F)cccc3F)cccn2c1C(=O)C[C@](C)(CO)c1nnn(C(F)F)n1. The Kier molecular flexibility index (Phi) is 6.52. The van der Waals surface area contributed by atoms with E-state index in [1.54, 1.807) is 25.3 Å². The Hall–Kier alpha value is -3.87. The molecule has 4 rings (SSSR count). The van der Waals surface area contributed by atoms with Gasteiger partial charge in [-0.05, 0) is 43.3 Å². The molecule has 0 aliphatic heterocycles. The summed E-state index contributed by atoms with van der Waals surface area (Å²) in [6.07, 6.45) is 1.22. The van der Waals surface area contributed by atoms with Gasteiger partial charge in [0.2, 0.25) is 0 Å². The van der Waals surface area contributed by atoms with Crippen molar-refractivity contribution >= 4 is 11.4 Å². The molecule has 0 aliphatic rings. The molecule has 3 aromatic heterocycles. The highest BCUT2D eigenvalue weighted by atomic mass is 19.3. The average Bonchev–Trinajstić information content (AvgIpc) is 3.44. The van der Waals surface area contributed by atoms with E-state index < -0.39 is 42.6 Å². The number of alkyl halides is 2. The first kappa shape index (κ1) is 24.3. The van der Waals surface area contributed by atoms with E-state index in [0.29, 0.717) is 5.69 Å². The van der Waals surface area contributed by atoms with Crippen molar-refractivity contribution in [2.24, 2.45) is 0 Å². The van der Waals surface area contributed by atoms with Gasteiger partial charge in [0.05, 0.1) is 23.3 Å². The Labute approximate surface area is 196 Å². The summed E-state index contributed by atoms with van der Waals surface area (Å²) in [7, 11) is 0. The van der Waals surface area contributed by atoms with Crippen LogP contribution in [0.4, 0.5) is 17.6 Å². The fourth-order valence-electron chi connectivity index (χ4n) is 3.62. The summed E-state index contributed by atoms with van der Waals surface area (Å²) in [6.45, 7) is -0.990. The van der Waals surface area contributed by atoms with E-state index in [4.69, 9.17) is 4.74 Å². The second-order valence-corrected chi connectivity index (χ2v) is 8.13. The number of aliphatic hydroxyl groups excluding tert-OH is 1. The van der Waals surface area contributed by atoms with Gasteiger partial charge in [-0.25, -0.2) is 13.8 Å². The molecule has 1 N–H and O–H groups in total. The van der Waals surface area contributed by atoms with Gasteiger partial charge in [-0.15, -0.1) is 10.2 Å². The summed E-state index contributed by atoms with van der Waals surface area (Å²) in [5.74, 6) is -2.02. The lowest BCUT2D eigenvalue weighted by Gasteiger charge is -2.22. The van der Waals surface area contributed by atoms with Crippen molar-refractivity contribution in [3.63, 3.8) is 0 Å². The largest absolute Gasteiger partial charge is 0.485 e. The Bertz CT molecular complexity index is 1370. The molecule has 0 amide bonds. The van der Waals surface area contributed by atoms with E-state index in [9.17, 15) is 27.5 Å². The van der Waals surface area contributed by atoms with Crippen LogP contribution >= 0.6 is 0 Å². The number of aromatic nitrogens is 6. The molecule has 0 saturated heterocycles. The van der Waals surface area contributed by atoms with Crippen LogP contribution < -0.4 is 4.74 Å². The Morgan fingerprint density at radius 3 is 2.54 bits per heavy atom. The Balaban J connectivity index is 1.63. The number of fused-ring (bicyclic) bond motifs is 1. The lowest BCUT2D eigenvalue weighted by atomic mass is 9.84. The van der Waals surface area contributed by atoms with Crippen LogP contribution in [-0.2, 0) is 12.0 Å². The number of ketones is 1. The van der Waals surface area contributed by atoms with Crippen molar-refractivity contribution in [3.05, 3.63) is 70.9 Å². The smallest absolute Gasteiger partial charge is 0.350 e.